The Morgan fingerprint density at radius 1 is 1.11 bits per heavy atom. The van der Waals surface area contributed by atoms with Gasteiger partial charge in [0.15, 0.2) is 11.5 Å². The monoisotopic (exact) mass is 385 g/mol. The number of imide groups is 1. The third-order valence-electron chi connectivity index (χ3n) is 6.25. The molecule has 148 valence electrons. The van der Waals surface area contributed by atoms with Crippen molar-refractivity contribution in [2.75, 3.05) is 19.9 Å². The van der Waals surface area contributed by atoms with E-state index in [1.165, 1.54) is 4.90 Å². The second kappa shape index (κ2) is 6.39. The molecule has 1 aromatic carbocycles. The van der Waals surface area contributed by atoms with Gasteiger partial charge in [-0.2, -0.15) is 0 Å². The number of rotatable bonds is 4. The van der Waals surface area contributed by atoms with Crippen molar-refractivity contribution in [1.29, 1.82) is 0 Å². The Morgan fingerprint density at radius 3 is 2.71 bits per heavy atom. The van der Waals surface area contributed by atoms with Gasteiger partial charge in [-0.25, -0.2) is 4.79 Å². The Labute approximate surface area is 162 Å². The summed E-state index contributed by atoms with van der Waals surface area (Å²) in [6.07, 6.45) is 3.71. The summed E-state index contributed by atoms with van der Waals surface area (Å²) in [7, 11) is 0. The van der Waals surface area contributed by atoms with E-state index in [9.17, 15) is 14.4 Å². The standard InChI is InChI=1S/C20H23N3O5/c24-17-8-14(11-23-18(25)20(21-19(23)26)5-1-2-6-20)10-22(17)9-13-3-4-15-16(7-13)28-12-27-15/h3-4,7,14H,1-2,5-6,8-12H2,(H,21,26). The Kier molecular flexibility index (Phi) is 3.96. The average Bonchev–Trinajstić information content (AvgIpc) is 3.43. The first-order valence-corrected chi connectivity index (χ1v) is 9.84. The molecule has 3 fully saturated rings. The first-order valence-electron chi connectivity index (χ1n) is 9.84. The van der Waals surface area contributed by atoms with Gasteiger partial charge in [0, 0.05) is 32.0 Å². The molecule has 5 rings (SSSR count). The summed E-state index contributed by atoms with van der Waals surface area (Å²) in [4.78, 5) is 40.8. The van der Waals surface area contributed by atoms with E-state index in [-0.39, 0.29) is 30.6 Å². The van der Waals surface area contributed by atoms with Crippen LogP contribution in [0.3, 0.4) is 0 Å². The smallest absolute Gasteiger partial charge is 0.325 e. The molecule has 3 aliphatic heterocycles. The Hall–Kier alpha value is -2.77. The Morgan fingerprint density at radius 2 is 1.89 bits per heavy atom. The lowest BCUT2D eigenvalue weighted by Crippen LogP contribution is -2.44. The molecule has 0 bridgehead atoms. The van der Waals surface area contributed by atoms with Gasteiger partial charge in [0.1, 0.15) is 5.54 Å². The first kappa shape index (κ1) is 17.3. The molecule has 1 N–H and O–H groups in total. The van der Waals surface area contributed by atoms with Crippen molar-refractivity contribution in [3.05, 3.63) is 23.8 Å². The van der Waals surface area contributed by atoms with E-state index in [0.717, 1.165) is 18.4 Å². The van der Waals surface area contributed by atoms with E-state index in [1.54, 1.807) is 4.90 Å². The predicted octanol–water partition coefficient (Wildman–Crippen LogP) is 1.63. The van der Waals surface area contributed by atoms with E-state index >= 15 is 0 Å². The quantitative estimate of drug-likeness (QED) is 0.796. The van der Waals surface area contributed by atoms with Gasteiger partial charge < -0.3 is 19.7 Å². The number of hydrogen-bond donors (Lipinski definition) is 1. The van der Waals surface area contributed by atoms with Crippen molar-refractivity contribution >= 4 is 17.8 Å². The molecule has 1 aromatic rings. The lowest BCUT2D eigenvalue weighted by molar-refractivity contribution is -0.132. The van der Waals surface area contributed by atoms with Gasteiger partial charge in [-0.05, 0) is 30.5 Å². The van der Waals surface area contributed by atoms with Crippen molar-refractivity contribution in [1.82, 2.24) is 15.1 Å². The van der Waals surface area contributed by atoms with Crippen molar-refractivity contribution in [2.45, 2.75) is 44.2 Å². The van der Waals surface area contributed by atoms with E-state index in [0.29, 0.717) is 50.4 Å². The van der Waals surface area contributed by atoms with Gasteiger partial charge in [-0.1, -0.05) is 18.9 Å². The van der Waals surface area contributed by atoms with Crippen LogP contribution in [0.15, 0.2) is 18.2 Å². The topological polar surface area (TPSA) is 88.2 Å². The maximum atomic E-state index is 12.8. The summed E-state index contributed by atoms with van der Waals surface area (Å²) in [6, 6.07) is 5.36. The van der Waals surface area contributed by atoms with Crippen LogP contribution in [-0.2, 0) is 16.1 Å². The van der Waals surface area contributed by atoms with Crippen LogP contribution >= 0.6 is 0 Å². The molecule has 1 saturated carbocycles. The third kappa shape index (κ3) is 2.78. The van der Waals surface area contributed by atoms with Crippen LogP contribution in [0.4, 0.5) is 4.79 Å². The van der Waals surface area contributed by atoms with Crippen molar-refractivity contribution in [2.24, 2.45) is 5.92 Å². The largest absolute Gasteiger partial charge is 0.454 e. The highest BCUT2D eigenvalue weighted by molar-refractivity contribution is 6.07. The Bertz CT molecular complexity index is 848. The molecule has 8 nitrogen and oxygen atoms in total. The number of carbonyl (C=O) groups is 3. The molecule has 3 heterocycles. The summed E-state index contributed by atoms with van der Waals surface area (Å²) < 4.78 is 10.7. The summed E-state index contributed by atoms with van der Waals surface area (Å²) in [5, 5.41) is 2.90. The molecule has 4 amide bonds. The highest BCUT2D eigenvalue weighted by Gasteiger charge is 2.53. The second-order valence-electron chi connectivity index (χ2n) is 8.17. The highest BCUT2D eigenvalue weighted by atomic mass is 16.7. The zero-order chi connectivity index (χ0) is 19.3. The molecule has 1 unspecified atom stereocenters. The Balaban J connectivity index is 1.23. The number of benzene rings is 1. The molecule has 1 atom stereocenters. The zero-order valence-electron chi connectivity index (χ0n) is 15.6. The molecule has 0 radical (unpaired) electrons. The molecule has 2 saturated heterocycles. The minimum Gasteiger partial charge on any atom is -0.454 e. The number of amides is 4. The van der Waals surface area contributed by atoms with Gasteiger partial charge >= 0.3 is 6.03 Å². The first-order chi connectivity index (χ1) is 13.5. The van der Waals surface area contributed by atoms with E-state index < -0.39 is 5.54 Å². The predicted molar refractivity (Wildman–Crippen MR) is 97.5 cm³/mol. The SMILES string of the molecule is O=C1CC(CN2C(=O)NC3(CCCC3)C2=O)CN1Cc1ccc2c(c1)OCO2. The van der Waals surface area contributed by atoms with E-state index in [1.807, 2.05) is 18.2 Å². The lowest BCUT2D eigenvalue weighted by Gasteiger charge is -2.22. The van der Waals surface area contributed by atoms with Gasteiger partial charge in [0.05, 0.1) is 0 Å². The normalized spacial score (nSPS) is 25.3. The fraction of sp³-hybridized carbons (Fsp3) is 0.550. The van der Waals surface area contributed by atoms with Crippen LogP contribution in [0.2, 0.25) is 0 Å². The molecule has 1 aliphatic carbocycles. The van der Waals surface area contributed by atoms with Gasteiger partial charge in [0.25, 0.3) is 5.91 Å². The van der Waals surface area contributed by atoms with E-state index in [2.05, 4.69) is 5.32 Å². The number of likely N-dealkylation sites (tertiary alicyclic amines) is 1. The summed E-state index contributed by atoms with van der Waals surface area (Å²) in [6.45, 7) is 1.54. The van der Waals surface area contributed by atoms with Gasteiger partial charge in [-0.15, -0.1) is 0 Å². The maximum Gasteiger partial charge on any atom is 0.325 e. The molecule has 0 aromatic heterocycles. The zero-order valence-corrected chi connectivity index (χ0v) is 15.6. The van der Waals surface area contributed by atoms with Crippen molar-refractivity contribution in [3.63, 3.8) is 0 Å². The van der Waals surface area contributed by atoms with Crippen molar-refractivity contribution < 1.29 is 23.9 Å². The summed E-state index contributed by atoms with van der Waals surface area (Å²) in [5.74, 6) is 1.31. The number of hydrogen-bond acceptors (Lipinski definition) is 5. The molecule has 4 aliphatic rings. The number of fused-ring (bicyclic) bond motifs is 1. The highest BCUT2D eigenvalue weighted by Crippen LogP contribution is 2.36. The van der Waals surface area contributed by atoms with Crippen LogP contribution in [0.5, 0.6) is 11.5 Å². The maximum absolute atomic E-state index is 12.8. The molecular weight excluding hydrogens is 362 g/mol. The molecule has 1 spiro atoms. The van der Waals surface area contributed by atoms with Crippen LogP contribution in [-0.4, -0.2) is 53.1 Å². The fourth-order valence-electron chi connectivity index (χ4n) is 4.81. The molecule has 8 heteroatoms. The molecule has 28 heavy (non-hydrogen) atoms. The fourth-order valence-corrected chi connectivity index (χ4v) is 4.81. The number of ether oxygens (including phenoxy) is 2. The average molecular weight is 385 g/mol. The third-order valence-corrected chi connectivity index (χ3v) is 6.25. The number of urea groups is 1. The number of nitrogens with one attached hydrogen (secondary N) is 1. The molecular formula is C20H23N3O5. The van der Waals surface area contributed by atoms with Crippen LogP contribution in [0.1, 0.15) is 37.7 Å². The second-order valence-corrected chi connectivity index (χ2v) is 8.17. The van der Waals surface area contributed by atoms with E-state index in [4.69, 9.17) is 9.47 Å². The minimum atomic E-state index is -0.689. The number of nitrogens with zero attached hydrogens (tertiary/aromatic N) is 2. The van der Waals surface area contributed by atoms with Crippen LogP contribution in [0, 0.1) is 5.92 Å². The van der Waals surface area contributed by atoms with Crippen molar-refractivity contribution in [3.8, 4) is 11.5 Å². The van der Waals surface area contributed by atoms with Crippen LogP contribution in [0.25, 0.3) is 0 Å². The van der Waals surface area contributed by atoms with Gasteiger partial charge in [0.2, 0.25) is 12.7 Å². The lowest BCUT2D eigenvalue weighted by atomic mass is 9.97. The minimum absolute atomic E-state index is 0.0345. The summed E-state index contributed by atoms with van der Waals surface area (Å²) >= 11 is 0. The number of carbonyl (C=O) groups excluding carboxylic acids is 3. The van der Waals surface area contributed by atoms with Crippen LogP contribution < -0.4 is 14.8 Å². The van der Waals surface area contributed by atoms with Gasteiger partial charge in [-0.3, -0.25) is 14.5 Å². The summed E-state index contributed by atoms with van der Waals surface area (Å²) in [5.41, 5.74) is 0.282.